The van der Waals surface area contributed by atoms with Gasteiger partial charge in [0.25, 0.3) is 5.69 Å². The van der Waals surface area contributed by atoms with Gasteiger partial charge in [-0.05, 0) is 25.1 Å². The maximum atomic E-state index is 13.1. The number of aryl methyl sites for hydroxylation is 1. The molecule has 0 spiro atoms. The zero-order chi connectivity index (χ0) is 15.6. The molecule has 0 saturated carbocycles. The molecule has 1 N–H and O–H groups in total. The van der Waals surface area contributed by atoms with Crippen molar-refractivity contribution in [3.05, 3.63) is 57.5 Å². The highest BCUT2D eigenvalue weighted by Crippen LogP contribution is 2.28. The number of halogens is 1. The van der Waals surface area contributed by atoms with Gasteiger partial charge in [0.15, 0.2) is 0 Å². The number of carboxylic acid groups (broad SMARTS) is 1. The van der Waals surface area contributed by atoms with E-state index in [0.29, 0.717) is 5.56 Å². The van der Waals surface area contributed by atoms with Crippen LogP contribution in [-0.4, -0.2) is 21.0 Å². The predicted molar refractivity (Wildman–Crippen MR) is 69.1 cm³/mol. The first-order valence-electron chi connectivity index (χ1n) is 5.70. The molecular weight excluding hydrogens is 283 g/mol. The highest BCUT2D eigenvalue weighted by atomic mass is 19.1. The second kappa shape index (κ2) is 5.53. The van der Waals surface area contributed by atoms with Crippen LogP contribution >= 0.6 is 0 Å². The Hall–Kier alpha value is -3.03. The van der Waals surface area contributed by atoms with Crippen molar-refractivity contribution < 1.29 is 24.0 Å². The summed E-state index contributed by atoms with van der Waals surface area (Å²) in [6.45, 7) is 1.53. The van der Waals surface area contributed by atoms with E-state index in [-0.39, 0.29) is 22.9 Å². The maximum absolute atomic E-state index is 13.1. The summed E-state index contributed by atoms with van der Waals surface area (Å²) in [6, 6.07) is 4.26. The summed E-state index contributed by atoms with van der Waals surface area (Å²) in [5.74, 6) is -2.17. The smallest absolute Gasteiger partial charge is 0.339 e. The Morgan fingerprint density at radius 1 is 1.43 bits per heavy atom. The highest BCUT2D eigenvalue weighted by molar-refractivity contribution is 5.91. The van der Waals surface area contributed by atoms with E-state index in [9.17, 15) is 19.3 Å². The van der Waals surface area contributed by atoms with Gasteiger partial charge in [0.2, 0.25) is 5.88 Å². The van der Waals surface area contributed by atoms with E-state index in [1.165, 1.54) is 13.0 Å². The third-order valence-electron chi connectivity index (χ3n) is 2.61. The fourth-order valence-electron chi connectivity index (χ4n) is 1.62. The monoisotopic (exact) mass is 292 g/mol. The molecule has 0 bridgehead atoms. The van der Waals surface area contributed by atoms with Crippen LogP contribution in [0.5, 0.6) is 11.6 Å². The van der Waals surface area contributed by atoms with Crippen molar-refractivity contribution in [2.75, 3.05) is 0 Å². The molecule has 1 aromatic heterocycles. The van der Waals surface area contributed by atoms with Gasteiger partial charge in [0.1, 0.15) is 23.3 Å². The lowest BCUT2D eigenvalue weighted by molar-refractivity contribution is -0.385. The van der Waals surface area contributed by atoms with Crippen molar-refractivity contribution in [1.29, 1.82) is 0 Å². The summed E-state index contributed by atoms with van der Waals surface area (Å²) in [4.78, 5) is 24.8. The number of ether oxygens (including phenoxy) is 1. The Morgan fingerprint density at radius 2 is 2.14 bits per heavy atom. The lowest BCUT2D eigenvalue weighted by Gasteiger charge is -2.09. The fourth-order valence-corrected chi connectivity index (χ4v) is 1.62. The van der Waals surface area contributed by atoms with E-state index < -0.39 is 16.7 Å². The molecule has 2 aromatic rings. The van der Waals surface area contributed by atoms with Gasteiger partial charge >= 0.3 is 5.97 Å². The van der Waals surface area contributed by atoms with Crippen LogP contribution in [0.2, 0.25) is 0 Å². The molecule has 2 rings (SSSR count). The molecule has 0 amide bonds. The quantitative estimate of drug-likeness (QED) is 0.686. The van der Waals surface area contributed by atoms with Crippen molar-refractivity contribution in [2.24, 2.45) is 0 Å². The number of nitro groups is 1. The fraction of sp³-hybridized carbons (Fsp3) is 0.0769. The molecule has 0 unspecified atom stereocenters. The molecule has 0 aliphatic heterocycles. The number of benzene rings is 1. The number of hydrogen-bond acceptors (Lipinski definition) is 5. The molecular formula is C13H9FN2O5. The highest BCUT2D eigenvalue weighted by Gasteiger charge is 2.16. The molecule has 0 saturated heterocycles. The molecule has 0 atom stereocenters. The van der Waals surface area contributed by atoms with Crippen LogP contribution in [0.25, 0.3) is 0 Å². The van der Waals surface area contributed by atoms with Crippen molar-refractivity contribution in [1.82, 2.24) is 4.98 Å². The second-order valence-electron chi connectivity index (χ2n) is 4.12. The number of hydrogen-bond donors (Lipinski definition) is 1. The standard InChI is InChI=1S/C13H9FN2O5/c1-7-4-9(16(19)20)6-15-12(7)21-11-3-2-8(14)5-10(11)13(17)18/h2-6H,1H3,(H,17,18). The predicted octanol–water partition coefficient (Wildman–Crippen LogP) is 2.93. The summed E-state index contributed by atoms with van der Waals surface area (Å²) < 4.78 is 18.4. The number of carboxylic acids is 1. The van der Waals surface area contributed by atoms with Crippen LogP contribution in [0.4, 0.5) is 10.1 Å². The number of aromatic carboxylic acids is 1. The summed E-state index contributed by atoms with van der Waals surface area (Å²) in [5, 5.41) is 19.6. The molecule has 7 nitrogen and oxygen atoms in total. The van der Waals surface area contributed by atoms with Crippen LogP contribution in [0.3, 0.4) is 0 Å². The van der Waals surface area contributed by atoms with E-state index in [1.54, 1.807) is 0 Å². The molecule has 0 fully saturated rings. The van der Waals surface area contributed by atoms with E-state index in [2.05, 4.69) is 4.98 Å². The van der Waals surface area contributed by atoms with Crippen LogP contribution in [0.15, 0.2) is 30.5 Å². The average molecular weight is 292 g/mol. The minimum atomic E-state index is -1.36. The average Bonchev–Trinajstić information content (AvgIpc) is 2.42. The van der Waals surface area contributed by atoms with Gasteiger partial charge in [0, 0.05) is 11.6 Å². The molecule has 1 aromatic carbocycles. The van der Waals surface area contributed by atoms with Gasteiger partial charge in [-0.3, -0.25) is 10.1 Å². The summed E-state index contributed by atoms with van der Waals surface area (Å²) in [7, 11) is 0. The SMILES string of the molecule is Cc1cc([N+](=O)[O-])cnc1Oc1ccc(F)cc1C(=O)O. The lowest BCUT2D eigenvalue weighted by Crippen LogP contribution is -2.02. The molecule has 8 heteroatoms. The van der Waals surface area contributed by atoms with Gasteiger partial charge in [-0.2, -0.15) is 0 Å². The summed E-state index contributed by atoms with van der Waals surface area (Å²) in [5.41, 5.74) is -0.225. The number of rotatable bonds is 4. The van der Waals surface area contributed by atoms with Crippen LogP contribution in [0, 0.1) is 22.9 Å². The van der Waals surface area contributed by atoms with Gasteiger partial charge < -0.3 is 9.84 Å². The second-order valence-corrected chi connectivity index (χ2v) is 4.12. The van der Waals surface area contributed by atoms with Gasteiger partial charge in [0.05, 0.1) is 4.92 Å². The van der Waals surface area contributed by atoms with E-state index in [4.69, 9.17) is 9.84 Å². The number of nitrogens with zero attached hydrogens (tertiary/aromatic N) is 2. The number of aromatic nitrogens is 1. The Kier molecular flexibility index (Phi) is 3.79. The third-order valence-corrected chi connectivity index (χ3v) is 2.61. The largest absolute Gasteiger partial charge is 0.478 e. The van der Waals surface area contributed by atoms with Crippen molar-refractivity contribution >= 4 is 11.7 Å². The maximum Gasteiger partial charge on any atom is 0.339 e. The van der Waals surface area contributed by atoms with Crippen molar-refractivity contribution in [3.63, 3.8) is 0 Å². The summed E-state index contributed by atoms with van der Waals surface area (Å²) in [6.07, 6.45) is 0.992. The van der Waals surface area contributed by atoms with Gasteiger partial charge in [-0.25, -0.2) is 14.2 Å². The van der Waals surface area contributed by atoms with Gasteiger partial charge in [-0.1, -0.05) is 0 Å². The first-order chi connectivity index (χ1) is 9.88. The van der Waals surface area contributed by atoms with Crippen LogP contribution < -0.4 is 4.74 Å². The number of pyridine rings is 1. The Morgan fingerprint density at radius 3 is 2.71 bits per heavy atom. The first-order valence-corrected chi connectivity index (χ1v) is 5.70. The zero-order valence-electron chi connectivity index (χ0n) is 10.7. The molecule has 1 heterocycles. The van der Waals surface area contributed by atoms with Crippen LogP contribution in [0.1, 0.15) is 15.9 Å². The van der Waals surface area contributed by atoms with E-state index in [1.807, 2.05) is 0 Å². The van der Waals surface area contributed by atoms with Crippen molar-refractivity contribution in [3.8, 4) is 11.6 Å². The Bertz CT molecular complexity index is 732. The Balaban J connectivity index is 2.39. The lowest BCUT2D eigenvalue weighted by atomic mass is 10.2. The minimum Gasteiger partial charge on any atom is -0.478 e. The minimum absolute atomic E-state index is 0.00899. The van der Waals surface area contributed by atoms with Gasteiger partial charge in [-0.15, -0.1) is 0 Å². The molecule has 108 valence electrons. The molecule has 0 aliphatic carbocycles. The molecule has 0 radical (unpaired) electrons. The van der Waals surface area contributed by atoms with E-state index >= 15 is 0 Å². The van der Waals surface area contributed by atoms with Crippen molar-refractivity contribution in [2.45, 2.75) is 6.92 Å². The third kappa shape index (κ3) is 3.11. The number of carbonyl (C=O) groups is 1. The topological polar surface area (TPSA) is 103 Å². The molecule has 21 heavy (non-hydrogen) atoms. The van der Waals surface area contributed by atoms with Crippen LogP contribution in [-0.2, 0) is 0 Å². The first kappa shape index (κ1) is 14.4. The Labute approximate surface area is 117 Å². The van der Waals surface area contributed by atoms with E-state index in [0.717, 1.165) is 24.4 Å². The zero-order valence-corrected chi connectivity index (χ0v) is 10.7. The normalized spacial score (nSPS) is 10.2. The summed E-state index contributed by atoms with van der Waals surface area (Å²) >= 11 is 0. The molecule has 0 aliphatic rings.